The van der Waals surface area contributed by atoms with Gasteiger partial charge in [0.05, 0.1) is 16.6 Å². The van der Waals surface area contributed by atoms with E-state index in [1.165, 1.54) is 4.68 Å². The van der Waals surface area contributed by atoms with Gasteiger partial charge in [0.2, 0.25) is 0 Å². The number of nitro benzene ring substituents is 1. The Morgan fingerprint density at radius 3 is 2.64 bits per heavy atom. The summed E-state index contributed by atoms with van der Waals surface area (Å²) in [5.41, 5.74) is -1.21. The number of benzene rings is 1. The molecule has 2 heterocycles. The van der Waals surface area contributed by atoms with Crippen molar-refractivity contribution in [2.45, 2.75) is 25.9 Å². The molecule has 3 rings (SSSR count). The molecular weight excluding hydrogens is 353 g/mol. The number of fused-ring (bicyclic) bond motifs is 1. The Balaban J connectivity index is 2.21. The van der Waals surface area contributed by atoms with Crippen LogP contribution in [0.2, 0.25) is 5.15 Å². The maximum atomic E-state index is 14.5. The molecule has 1 aliphatic rings. The average Bonchev–Trinajstić information content (AvgIpc) is 2.85. The zero-order valence-electron chi connectivity index (χ0n) is 13.0. The Bertz CT molecular complexity index is 958. The zero-order chi connectivity index (χ0) is 18.1. The molecule has 2 aromatic rings. The van der Waals surface area contributed by atoms with E-state index in [2.05, 4.69) is 5.92 Å². The predicted molar refractivity (Wildman–Crippen MR) is 89.3 cm³/mol. The van der Waals surface area contributed by atoms with Crippen LogP contribution in [0.15, 0.2) is 16.9 Å². The first-order valence-corrected chi connectivity index (χ1v) is 7.87. The number of rotatable bonds is 4. The van der Waals surface area contributed by atoms with E-state index >= 15 is 0 Å². The summed E-state index contributed by atoms with van der Waals surface area (Å²) < 4.78 is 22.7. The fourth-order valence-corrected chi connectivity index (χ4v) is 3.22. The largest absolute Gasteiger partial charge is 0.474 e. The van der Waals surface area contributed by atoms with Gasteiger partial charge in [0.15, 0.2) is 5.75 Å². The number of nitrogens with zero attached hydrogens (tertiary/aromatic N) is 3. The Hall–Kier alpha value is -2.79. The Morgan fingerprint density at radius 2 is 2.04 bits per heavy atom. The summed E-state index contributed by atoms with van der Waals surface area (Å²) in [6, 6.07) is 1.80. The van der Waals surface area contributed by atoms with Crippen LogP contribution in [-0.4, -0.2) is 20.9 Å². The highest BCUT2D eigenvalue weighted by atomic mass is 35.5. The fraction of sp³-hybridized carbons (Fsp3) is 0.312. The standard InChI is InChI=1S/C16H13ClFN3O4/c1-2-7-25-13-8-10(11(18)9-12(13)21(23)24)14-15(17)19-5-3-4-6-20(19)16(14)22/h1,8-9H,3-7H2. The van der Waals surface area contributed by atoms with Crippen LogP contribution in [0.5, 0.6) is 5.75 Å². The molecule has 0 N–H and O–H groups in total. The molecular formula is C16H13ClFN3O4. The van der Waals surface area contributed by atoms with Gasteiger partial charge < -0.3 is 4.74 Å². The molecule has 0 radical (unpaired) electrons. The summed E-state index contributed by atoms with van der Waals surface area (Å²) in [4.78, 5) is 22.9. The second-order valence-corrected chi connectivity index (χ2v) is 5.83. The van der Waals surface area contributed by atoms with Crippen molar-refractivity contribution in [3.8, 4) is 29.2 Å². The maximum absolute atomic E-state index is 14.5. The van der Waals surface area contributed by atoms with Gasteiger partial charge in [-0.2, -0.15) is 0 Å². The lowest BCUT2D eigenvalue weighted by Crippen LogP contribution is -2.27. The van der Waals surface area contributed by atoms with Crippen LogP contribution in [0.3, 0.4) is 0 Å². The second kappa shape index (κ2) is 6.61. The second-order valence-electron chi connectivity index (χ2n) is 5.47. The first-order chi connectivity index (χ1) is 12.0. The van der Waals surface area contributed by atoms with Gasteiger partial charge in [0, 0.05) is 18.7 Å². The highest BCUT2D eigenvalue weighted by Crippen LogP contribution is 2.37. The van der Waals surface area contributed by atoms with Crippen molar-refractivity contribution in [1.29, 1.82) is 0 Å². The zero-order valence-corrected chi connectivity index (χ0v) is 13.8. The first kappa shape index (κ1) is 17.0. The van der Waals surface area contributed by atoms with Gasteiger partial charge in [-0.25, -0.2) is 9.07 Å². The summed E-state index contributed by atoms with van der Waals surface area (Å²) in [6.07, 6.45) is 6.77. The highest BCUT2D eigenvalue weighted by molar-refractivity contribution is 6.32. The average molecular weight is 366 g/mol. The molecule has 0 saturated heterocycles. The number of ether oxygens (including phenoxy) is 1. The van der Waals surface area contributed by atoms with Gasteiger partial charge in [0.25, 0.3) is 5.56 Å². The molecule has 0 aliphatic carbocycles. The third kappa shape index (κ3) is 2.87. The molecule has 0 atom stereocenters. The van der Waals surface area contributed by atoms with Crippen LogP contribution >= 0.6 is 11.6 Å². The van der Waals surface area contributed by atoms with Crippen LogP contribution < -0.4 is 10.3 Å². The number of halogens is 2. The molecule has 130 valence electrons. The van der Waals surface area contributed by atoms with Crippen molar-refractivity contribution in [2.75, 3.05) is 6.61 Å². The summed E-state index contributed by atoms with van der Waals surface area (Å²) in [5.74, 6) is 1.04. The SMILES string of the molecule is C#CCOc1cc(-c2c(Cl)n3n(c2=O)CCCC3)c(F)cc1[N+](=O)[O-]. The Labute approximate surface area is 146 Å². The molecule has 25 heavy (non-hydrogen) atoms. The van der Waals surface area contributed by atoms with Gasteiger partial charge in [-0.05, 0) is 18.9 Å². The van der Waals surface area contributed by atoms with E-state index in [0.717, 1.165) is 18.9 Å². The van der Waals surface area contributed by atoms with Gasteiger partial charge in [0.1, 0.15) is 17.6 Å². The normalized spacial score (nSPS) is 13.2. The van der Waals surface area contributed by atoms with Crippen molar-refractivity contribution >= 4 is 17.3 Å². The molecule has 1 aromatic carbocycles. The maximum Gasteiger partial charge on any atom is 0.313 e. The molecule has 1 aliphatic heterocycles. The van der Waals surface area contributed by atoms with Crippen molar-refractivity contribution in [3.63, 3.8) is 0 Å². The molecule has 9 heteroatoms. The van der Waals surface area contributed by atoms with E-state index in [-0.39, 0.29) is 28.6 Å². The fourth-order valence-electron chi connectivity index (χ4n) is 2.86. The summed E-state index contributed by atoms with van der Waals surface area (Å²) in [5, 5.41) is 11.2. The van der Waals surface area contributed by atoms with Crippen molar-refractivity contribution in [2.24, 2.45) is 0 Å². The third-order valence-corrected chi connectivity index (χ3v) is 4.37. The quantitative estimate of drug-likeness (QED) is 0.474. The van der Waals surface area contributed by atoms with E-state index in [4.69, 9.17) is 22.8 Å². The van der Waals surface area contributed by atoms with Crippen LogP contribution in [0, 0.1) is 28.3 Å². The summed E-state index contributed by atoms with van der Waals surface area (Å²) >= 11 is 6.28. The van der Waals surface area contributed by atoms with E-state index in [0.29, 0.717) is 19.2 Å². The molecule has 0 unspecified atom stereocenters. The lowest BCUT2D eigenvalue weighted by Gasteiger charge is -2.17. The van der Waals surface area contributed by atoms with Gasteiger partial charge >= 0.3 is 5.69 Å². The lowest BCUT2D eigenvalue weighted by atomic mass is 10.1. The number of aromatic nitrogens is 2. The topological polar surface area (TPSA) is 79.3 Å². The molecule has 0 bridgehead atoms. The minimum Gasteiger partial charge on any atom is -0.474 e. The van der Waals surface area contributed by atoms with E-state index in [1.54, 1.807) is 4.68 Å². The van der Waals surface area contributed by atoms with Crippen LogP contribution in [-0.2, 0) is 13.1 Å². The number of terminal acetylenes is 1. The predicted octanol–water partition coefficient (Wildman–Crippen LogP) is 2.82. The number of hydrogen-bond acceptors (Lipinski definition) is 4. The molecule has 1 aromatic heterocycles. The van der Waals surface area contributed by atoms with Gasteiger partial charge in [-0.3, -0.25) is 19.6 Å². The molecule has 0 fully saturated rings. The lowest BCUT2D eigenvalue weighted by molar-refractivity contribution is -0.386. The minimum absolute atomic E-state index is 0.0403. The van der Waals surface area contributed by atoms with Crippen LogP contribution in [0.4, 0.5) is 10.1 Å². The van der Waals surface area contributed by atoms with Crippen molar-refractivity contribution in [1.82, 2.24) is 9.36 Å². The van der Waals surface area contributed by atoms with E-state index in [9.17, 15) is 19.3 Å². The molecule has 0 saturated carbocycles. The van der Waals surface area contributed by atoms with Crippen LogP contribution in [0.25, 0.3) is 11.1 Å². The summed E-state index contributed by atoms with van der Waals surface area (Å²) in [6.45, 7) is 0.793. The van der Waals surface area contributed by atoms with Gasteiger partial charge in [-0.15, -0.1) is 6.42 Å². The van der Waals surface area contributed by atoms with Crippen molar-refractivity contribution < 1.29 is 14.1 Å². The van der Waals surface area contributed by atoms with E-state index in [1.807, 2.05) is 0 Å². The van der Waals surface area contributed by atoms with Crippen LogP contribution in [0.1, 0.15) is 12.8 Å². The van der Waals surface area contributed by atoms with E-state index < -0.39 is 22.0 Å². The Morgan fingerprint density at radius 1 is 1.36 bits per heavy atom. The first-order valence-electron chi connectivity index (χ1n) is 7.49. The summed E-state index contributed by atoms with van der Waals surface area (Å²) in [7, 11) is 0. The monoisotopic (exact) mass is 365 g/mol. The molecule has 0 amide bonds. The minimum atomic E-state index is -0.928. The molecule has 0 spiro atoms. The van der Waals surface area contributed by atoms with Crippen molar-refractivity contribution in [3.05, 3.63) is 43.6 Å². The van der Waals surface area contributed by atoms with Gasteiger partial charge in [-0.1, -0.05) is 17.5 Å². The number of nitro groups is 1. The Kier molecular flexibility index (Phi) is 4.51. The third-order valence-electron chi connectivity index (χ3n) is 3.99. The molecule has 7 nitrogen and oxygen atoms in total. The highest BCUT2D eigenvalue weighted by Gasteiger charge is 2.27. The smallest absolute Gasteiger partial charge is 0.313 e. The number of hydrogen-bond donors (Lipinski definition) is 0.